The molecule has 0 aromatic heterocycles. The zero-order valence-electron chi connectivity index (χ0n) is 25.7. The molecular weight excluding hydrogens is 572 g/mol. The van der Waals surface area contributed by atoms with Crippen LogP contribution in [0.1, 0.15) is 62.3 Å². The fourth-order valence-electron chi connectivity index (χ4n) is 6.31. The van der Waals surface area contributed by atoms with E-state index in [9.17, 15) is 19.7 Å². The van der Waals surface area contributed by atoms with E-state index < -0.39 is 40.9 Å². The van der Waals surface area contributed by atoms with Crippen LogP contribution in [0.5, 0.6) is 0 Å². The van der Waals surface area contributed by atoms with Crippen LogP contribution >= 0.6 is 0 Å². The topological polar surface area (TPSA) is 137 Å². The van der Waals surface area contributed by atoms with E-state index in [1.807, 2.05) is 36.4 Å². The lowest BCUT2D eigenvalue weighted by Gasteiger charge is -2.39. The van der Waals surface area contributed by atoms with Gasteiger partial charge in [0.05, 0.1) is 28.3 Å². The summed E-state index contributed by atoms with van der Waals surface area (Å²) in [7, 11) is 0. The number of nitrogens with zero attached hydrogens (tertiary/aromatic N) is 3. The van der Waals surface area contributed by atoms with Crippen molar-refractivity contribution in [2.24, 2.45) is 16.6 Å². The van der Waals surface area contributed by atoms with Crippen molar-refractivity contribution in [1.82, 2.24) is 4.90 Å². The summed E-state index contributed by atoms with van der Waals surface area (Å²) in [6.45, 7) is 6.36. The zero-order valence-corrected chi connectivity index (χ0v) is 25.7. The third-order valence-corrected chi connectivity index (χ3v) is 8.19. The number of aliphatic imine (C=N–C) groups is 1. The molecule has 2 aliphatic heterocycles. The van der Waals surface area contributed by atoms with Gasteiger partial charge in [-0.3, -0.25) is 19.8 Å². The number of amidine groups is 1. The zero-order chi connectivity index (χ0) is 32.1. The molecular formula is C35H38N4O6. The Morgan fingerprint density at radius 1 is 1.00 bits per heavy atom. The molecule has 2 aliphatic rings. The molecule has 3 atom stereocenters. The number of allylic oxidation sites excluding steroid dienone is 1. The Balaban J connectivity index is 1.45. The molecule has 2 N–H and O–H groups in total. The van der Waals surface area contributed by atoms with Crippen molar-refractivity contribution >= 4 is 23.5 Å². The van der Waals surface area contributed by atoms with Crippen molar-refractivity contribution < 1.29 is 24.0 Å². The molecule has 45 heavy (non-hydrogen) atoms. The van der Waals surface area contributed by atoms with Crippen LogP contribution in [0.2, 0.25) is 0 Å². The van der Waals surface area contributed by atoms with Gasteiger partial charge in [0.1, 0.15) is 17.9 Å². The molecule has 3 aromatic rings. The summed E-state index contributed by atoms with van der Waals surface area (Å²) in [5.41, 5.74) is 9.30. The summed E-state index contributed by atoms with van der Waals surface area (Å²) in [4.78, 5) is 45.3. The van der Waals surface area contributed by atoms with Gasteiger partial charge in [-0.05, 0) is 56.8 Å². The lowest BCUT2D eigenvalue weighted by atomic mass is 9.77. The fourth-order valence-corrected chi connectivity index (χ4v) is 6.31. The number of esters is 2. The smallest absolute Gasteiger partial charge is 0.336 e. The maximum atomic E-state index is 14.1. The highest BCUT2D eigenvalue weighted by Crippen LogP contribution is 2.41. The van der Waals surface area contributed by atoms with Crippen LogP contribution in [0.25, 0.3) is 0 Å². The first-order chi connectivity index (χ1) is 21.6. The predicted molar refractivity (Wildman–Crippen MR) is 170 cm³/mol. The Labute approximate surface area is 262 Å². The minimum atomic E-state index is -1.18. The van der Waals surface area contributed by atoms with Crippen LogP contribution in [0, 0.1) is 16.0 Å². The number of non-ortho nitro benzene ring substituents is 1. The minimum absolute atomic E-state index is 0.0192. The third-order valence-electron chi connectivity index (χ3n) is 8.19. The Hall–Kier alpha value is -4.83. The SMILES string of the molecule is CC1=C(C(=O)OC(C)C)C(c2cccc([N+](=O)[O-])c2)C(C(=O)OC2CCCN(C(c3ccccc3)c3ccccc3)C2)C(N)=N1. The largest absolute Gasteiger partial charge is 0.460 e. The number of nitro groups is 1. The van der Waals surface area contributed by atoms with Gasteiger partial charge in [-0.2, -0.15) is 0 Å². The average molecular weight is 611 g/mol. The molecule has 234 valence electrons. The Kier molecular flexibility index (Phi) is 9.73. The number of ether oxygens (including phenoxy) is 2. The van der Waals surface area contributed by atoms with Crippen LogP contribution in [-0.4, -0.2) is 52.9 Å². The van der Waals surface area contributed by atoms with Crippen LogP contribution < -0.4 is 5.73 Å². The predicted octanol–water partition coefficient (Wildman–Crippen LogP) is 5.69. The number of rotatable bonds is 9. The average Bonchev–Trinajstić information content (AvgIpc) is 3.01. The number of benzene rings is 3. The van der Waals surface area contributed by atoms with Gasteiger partial charge in [0, 0.05) is 24.6 Å². The summed E-state index contributed by atoms with van der Waals surface area (Å²) in [6, 6.07) is 26.3. The second kappa shape index (κ2) is 13.9. The first-order valence-corrected chi connectivity index (χ1v) is 15.2. The monoisotopic (exact) mass is 610 g/mol. The van der Waals surface area contributed by atoms with Crippen LogP contribution in [0.15, 0.2) is 101 Å². The number of nitrogens with two attached hydrogens (primary N) is 1. The van der Waals surface area contributed by atoms with Gasteiger partial charge in [-0.15, -0.1) is 0 Å². The number of nitro benzene ring substituents is 1. The number of hydrogen-bond acceptors (Lipinski definition) is 9. The molecule has 1 saturated heterocycles. The maximum Gasteiger partial charge on any atom is 0.336 e. The van der Waals surface area contributed by atoms with Gasteiger partial charge in [0.2, 0.25) is 0 Å². The normalized spacial score (nSPS) is 20.6. The van der Waals surface area contributed by atoms with E-state index in [0.717, 1.165) is 24.1 Å². The van der Waals surface area contributed by atoms with E-state index in [2.05, 4.69) is 34.2 Å². The number of piperidine rings is 1. The molecule has 0 radical (unpaired) electrons. The Morgan fingerprint density at radius 3 is 2.24 bits per heavy atom. The van der Waals surface area contributed by atoms with Gasteiger partial charge < -0.3 is 15.2 Å². The molecule has 0 amide bonds. The summed E-state index contributed by atoms with van der Waals surface area (Å²) in [5, 5.41) is 11.7. The van der Waals surface area contributed by atoms with Crippen LogP contribution in [0.3, 0.4) is 0 Å². The summed E-state index contributed by atoms with van der Waals surface area (Å²) in [6.07, 6.45) is 0.577. The number of carbonyl (C=O) groups is 2. The van der Waals surface area contributed by atoms with Crippen molar-refractivity contribution in [2.75, 3.05) is 13.1 Å². The number of hydrogen-bond donors (Lipinski definition) is 1. The Morgan fingerprint density at radius 2 is 1.64 bits per heavy atom. The van der Waals surface area contributed by atoms with E-state index >= 15 is 0 Å². The molecule has 10 nitrogen and oxygen atoms in total. The summed E-state index contributed by atoms with van der Waals surface area (Å²) >= 11 is 0. The molecule has 1 fully saturated rings. The first-order valence-electron chi connectivity index (χ1n) is 15.2. The molecule has 0 saturated carbocycles. The highest BCUT2D eigenvalue weighted by Gasteiger charge is 2.45. The van der Waals surface area contributed by atoms with E-state index in [-0.39, 0.29) is 28.8 Å². The quantitative estimate of drug-likeness (QED) is 0.185. The van der Waals surface area contributed by atoms with Crippen LogP contribution in [0.4, 0.5) is 5.69 Å². The number of likely N-dealkylation sites (tertiary alicyclic amines) is 1. The molecule has 5 rings (SSSR count). The highest BCUT2D eigenvalue weighted by atomic mass is 16.6. The van der Waals surface area contributed by atoms with Crippen molar-refractivity contribution in [3.8, 4) is 0 Å². The first kappa shape index (κ1) is 31.6. The number of carbonyl (C=O) groups excluding carboxylic acids is 2. The molecule has 0 aliphatic carbocycles. The fraction of sp³-hybridized carbons (Fsp3) is 0.343. The summed E-state index contributed by atoms with van der Waals surface area (Å²) < 4.78 is 11.7. The van der Waals surface area contributed by atoms with E-state index in [4.69, 9.17) is 15.2 Å². The molecule has 3 aromatic carbocycles. The van der Waals surface area contributed by atoms with Gasteiger partial charge >= 0.3 is 11.9 Å². The second-order valence-electron chi connectivity index (χ2n) is 11.7. The van der Waals surface area contributed by atoms with Crippen molar-refractivity contribution in [3.05, 3.63) is 123 Å². The third kappa shape index (κ3) is 7.12. The summed E-state index contributed by atoms with van der Waals surface area (Å²) in [5.74, 6) is -3.49. The van der Waals surface area contributed by atoms with E-state index in [0.29, 0.717) is 18.5 Å². The van der Waals surface area contributed by atoms with Crippen molar-refractivity contribution in [3.63, 3.8) is 0 Å². The maximum absolute atomic E-state index is 14.1. The molecule has 0 bridgehead atoms. The molecule has 10 heteroatoms. The Bertz CT molecular complexity index is 1570. The van der Waals surface area contributed by atoms with Gasteiger partial charge in [-0.25, -0.2) is 9.79 Å². The van der Waals surface area contributed by atoms with Gasteiger partial charge in [-0.1, -0.05) is 72.8 Å². The van der Waals surface area contributed by atoms with Crippen molar-refractivity contribution in [2.45, 2.75) is 57.8 Å². The van der Waals surface area contributed by atoms with Gasteiger partial charge in [0.15, 0.2) is 0 Å². The highest BCUT2D eigenvalue weighted by molar-refractivity contribution is 6.06. The lowest BCUT2D eigenvalue weighted by Crippen LogP contribution is -2.46. The van der Waals surface area contributed by atoms with Crippen LogP contribution in [-0.2, 0) is 19.1 Å². The molecule has 2 heterocycles. The standard InChI is InChI=1S/C35H38N4O6/c1-22(2)44-34(40)29-23(3)37-33(36)31(30(29)26-16-10-17-27(20-26)39(42)43)35(41)45-28-18-11-19-38(21-28)32(24-12-6-4-7-13-24)25-14-8-5-9-15-25/h4-10,12-17,20,22,28,30-32H,11,18-19,21H2,1-3H3,(H2,36,37). The lowest BCUT2D eigenvalue weighted by molar-refractivity contribution is -0.384. The molecule has 3 unspecified atom stereocenters. The van der Waals surface area contributed by atoms with E-state index in [1.165, 1.54) is 18.2 Å². The van der Waals surface area contributed by atoms with Crippen molar-refractivity contribution in [1.29, 1.82) is 0 Å². The minimum Gasteiger partial charge on any atom is -0.460 e. The van der Waals surface area contributed by atoms with E-state index in [1.54, 1.807) is 26.8 Å². The van der Waals surface area contributed by atoms with Gasteiger partial charge in [0.25, 0.3) is 5.69 Å². The second-order valence-corrected chi connectivity index (χ2v) is 11.7. The molecule has 0 spiro atoms.